The Labute approximate surface area is 60.3 Å². The van der Waals surface area contributed by atoms with Crippen LogP contribution in [0.5, 0.6) is 0 Å². The molecule has 0 saturated carbocycles. The molecular formula is C6H12NO3. The summed E-state index contributed by atoms with van der Waals surface area (Å²) in [5.41, 5.74) is 5.18. The van der Waals surface area contributed by atoms with E-state index in [-0.39, 0.29) is 13.2 Å². The van der Waals surface area contributed by atoms with Crippen molar-refractivity contribution in [2.45, 2.75) is 6.10 Å². The Balaban J connectivity index is 3.68. The highest BCUT2D eigenvalue weighted by Crippen LogP contribution is 1.91. The standard InChI is InChI=1S/C6H12NO3/c1-3-10-5(4-7)6(8)9-2/h5H,1,3-4,7H2,2H3. The monoisotopic (exact) mass is 146 g/mol. The first-order chi connectivity index (χ1) is 4.76. The summed E-state index contributed by atoms with van der Waals surface area (Å²) < 4.78 is 9.22. The van der Waals surface area contributed by atoms with Crippen molar-refractivity contribution in [3.63, 3.8) is 0 Å². The molecule has 2 N–H and O–H groups in total. The van der Waals surface area contributed by atoms with Gasteiger partial charge in [-0.3, -0.25) is 0 Å². The maximum absolute atomic E-state index is 10.7. The van der Waals surface area contributed by atoms with E-state index in [1.165, 1.54) is 7.11 Å². The fourth-order valence-electron chi connectivity index (χ4n) is 0.506. The molecule has 0 aliphatic carbocycles. The molecule has 1 atom stereocenters. The van der Waals surface area contributed by atoms with Crippen LogP contribution in [0.2, 0.25) is 0 Å². The predicted molar refractivity (Wildman–Crippen MR) is 36.2 cm³/mol. The van der Waals surface area contributed by atoms with Gasteiger partial charge in [0.15, 0.2) is 6.10 Å². The first kappa shape index (κ1) is 9.39. The normalized spacial score (nSPS) is 12.7. The summed E-state index contributed by atoms with van der Waals surface area (Å²) in [6, 6.07) is 0. The lowest BCUT2D eigenvalue weighted by molar-refractivity contribution is -0.152. The molecule has 10 heavy (non-hydrogen) atoms. The summed E-state index contributed by atoms with van der Waals surface area (Å²) >= 11 is 0. The highest BCUT2D eigenvalue weighted by atomic mass is 16.6. The molecule has 1 radical (unpaired) electrons. The van der Waals surface area contributed by atoms with Crippen LogP contribution >= 0.6 is 0 Å². The predicted octanol–water partition coefficient (Wildman–Crippen LogP) is -0.663. The van der Waals surface area contributed by atoms with Gasteiger partial charge in [-0.1, -0.05) is 0 Å². The fourth-order valence-corrected chi connectivity index (χ4v) is 0.506. The highest BCUT2D eigenvalue weighted by molar-refractivity contribution is 5.74. The van der Waals surface area contributed by atoms with Crippen LogP contribution in [0.4, 0.5) is 0 Å². The van der Waals surface area contributed by atoms with Crippen molar-refractivity contribution in [3.8, 4) is 0 Å². The second kappa shape index (κ2) is 5.20. The molecule has 0 aliphatic heterocycles. The Hall–Kier alpha value is -0.610. The number of rotatable bonds is 4. The molecule has 0 aromatic heterocycles. The second-order valence-corrected chi connectivity index (χ2v) is 1.62. The van der Waals surface area contributed by atoms with Crippen LogP contribution < -0.4 is 5.73 Å². The van der Waals surface area contributed by atoms with Crippen molar-refractivity contribution in [1.82, 2.24) is 0 Å². The van der Waals surface area contributed by atoms with Gasteiger partial charge in [0.25, 0.3) is 0 Å². The van der Waals surface area contributed by atoms with E-state index in [0.717, 1.165) is 0 Å². The molecule has 0 amide bonds. The molecular weight excluding hydrogens is 134 g/mol. The maximum Gasteiger partial charge on any atom is 0.336 e. The maximum atomic E-state index is 10.7. The average Bonchev–Trinajstić information content (AvgIpc) is 1.99. The molecule has 0 aromatic rings. The van der Waals surface area contributed by atoms with E-state index in [1.54, 1.807) is 0 Å². The van der Waals surface area contributed by atoms with E-state index >= 15 is 0 Å². The lowest BCUT2D eigenvalue weighted by Crippen LogP contribution is -2.33. The number of hydrogen-bond donors (Lipinski definition) is 1. The SMILES string of the molecule is [CH2]COC(CN)C(=O)OC. The largest absolute Gasteiger partial charge is 0.467 e. The molecule has 0 spiro atoms. The Morgan fingerprint density at radius 3 is 2.70 bits per heavy atom. The van der Waals surface area contributed by atoms with E-state index in [9.17, 15) is 4.79 Å². The second-order valence-electron chi connectivity index (χ2n) is 1.62. The number of esters is 1. The first-order valence-electron chi connectivity index (χ1n) is 2.95. The van der Waals surface area contributed by atoms with Crippen LogP contribution in [-0.2, 0) is 14.3 Å². The van der Waals surface area contributed by atoms with E-state index in [1.807, 2.05) is 0 Å². The summed E-state index contributed by atoms with van der Waals surface area (Å²) in [5, 5.41) is 0. The molecule has 0 fully saturated rings. The van der Waals surface area contributed by atoms with Crippen molar-refractivity contribution in [2.24, 2.45) is 5.73 Å². The Bertz CT molecular complexity index is 105. The molecule has 59 valence electrons. The number of methoxy groups -OCH3 is 1. The molecule has 0 rings (SSSR count). The third-order valence-electron chi connectivity index (χ3n) is 0.997. The van der Waals surface area contributed by atoms with E-state index in [0.29, 0.717) is 0 Å². The van der Waals surface area contributed by atoms with Gasteiger partial charge in [0, 0.05) is 13.2 Å². The van der Waals surface area contributed by atoms with Crippen LogP contribution in [0.3, 0.4) is 0 Å². The fraction of sp³-hybridized carbons (Fsp3) is 0.667. The lowest BCUT2D eigenvalue weighted by atomic mass is 10.4. The molecule has 1 unspecified atom stereocenters. The number of ether oxygens (including phenoxy) is 2. The molecule has 0 saturated heterocycles. The molecule has 0 aromatic carbocycles. The zero-order valence-electron chi connectivity index (χ0n) is 6.00. The quantitative estimate of drug-likeness (QED) is 0.535. The average molecular weight is 146 g/mol. The van der Waals surface area contributed by atoms with Crippen molar-refractivity contribution in [3.05, 3.63) is 6.92 Å². The lowest BCUT2D eigenvalue weighted by Gasteiger charge is -2.10. The minimum Gasteiger partial charge on any atom is -0.467 e. The van der Waals surface area contributed by atoms with Gasteiger partial charge in [-0.25, -0.2) is 4.79 Å². The molecule has 0 aliphatic rings. The van der Waals surface area contributed by atoms with Crippen molar-refractivity contribution < 1.29 is 14.3 Å². The Morgan fingerprint density at radius 1 is 1.80 bits per heavy atom. The van der Waals surface area contributed by atoms with Gasteiger partial charge in [-0.15, -0.1) is 0 Å². The van der Waals surface area contributed by atoms with E-state index in [2.05, 4.69) is 11.7 Å². The Kier molecular flexibility index (Phi) is 4.88. The summed E-state index contributed by atoms with van der Waals surface area (Å²) in [6.07, 6.45) is -0.664. The van der Waals surface area contributed by atoms with Gasteiger partial charge >= 0.3 is 5.97 Å². The minimum atomic E-state index is -0.664. The van der Waals surface area contributed by atoms with Gasteiger partial charge in [0.1, 0.15) is 0 Å². The summed E-state index contributed by atoms with van der Waals surface area (Å²) in [4.78, 5) is 10.7. The van der Waals surface area contributed by atoms with Crippen molar-refractivity contribution in [1.29, 1.82) is 0 Å². The van der Waals surface area contributed by atoms with Gasteiger partial charge < -0.3 is 15.2 Å². The third kappa shape index (κ3) is 2.80. The topological polar surface area (TPSA) is 61.5 Å². The summed E-state index contributed by atoms with van der Waals surface area (Å²) in [7, 11) is 1.29. The third-order valence-corrected chi connectivity index (χ3v) is 0.997. The van der Waals surface area contributed by atoms with Crippen molar-refractivity contribution in [2.75, 3.05) is 20.3 Å². The summed E-state index contributed by atoms with van der Waals surface area (Å²) in [5.74, 6) is -0.453. The van der Waals surface area contributed by atoms with Crippen LogP contribution in [0.1, 0.15) is 0 Å². The van der Waals surface area contributed by atoms with Crippen LogP contribution in [0.15, 0.2) is 0 Å². The van der Waals surface area contributed by atoms with Crippen LogP contribution in [-0.4, -0.2) is 32.3 Å². The number of carbonyl (C=O) groups excluding carboxylic acids is 1. The zero-order valence-corrected chi connectivity index (χ0v) is 6.00. The smallest absolute Gasteiger partial charge is 0.336 e. The molecule has 0 bridgehead atoms. The van der Waals surface area contributed by atoms with E-state index in [4.69, 9.17) is 10.5 Å². The first-order valence-corrected chi connectivity index (χ1v) is 2.95. The van der Waals surface area contributed by atoms with Gasteiger partial charge in [0.05, 0.1) is 7.11 Å². The Morgan fingerprint density at radius 2 is 2.40 bits per heavy atom. The van der Waals surface area contributed by atoms with E-state index < -0.39 is 12.1 Å². The number of nitrogens with two attached hydrogens (primary N) is 1. The molecule has 0 heterocycles. The van der Waals surface area contributed by atoms with Crippen LogP contribution in [0, 0.1) is 6.92 Å². The van der Waals surface area contributed by atoms with Gasteiger partial charge in [-0.05, 0) is 6.92 Å². The van der Waals surface area contributed by atoms with Gasteiger partial charge in [0.2, 0.25) is 0 Å². The highest BCUT2D eigenvalue weighted by Gasteiger charge is 2.16. The van der Waals surface area contributed by atoms with Gasteiger partial charge in [-0.2, -0.15) is 0 Å². The van der Waals surface area contributed by atoms with Crippen molar-refractivity contribution >= 4 is 5.97 Å². The number of hydrogen-bond acceptors (Lipinski definition) is 4. The molecule has 4 heteroatoms. The minimum absolute atomic E-state index is 0.127. The van der Waals surface area contributed by atoms with Crippen LogP contribution in [0.25, 0.3) is 0 Å². The molecule has 4 nitrogen and oxygen atoms in total. The zero-order chi connectivity index (χ0) is 7.98. The summed E-state index contributed by atoms with van der Waals surface area (Å²) in [6.45, 7) is 3.75. The number of carbonyl (C=O) groups is 1.